The molecule has 4 heterocycles. The minimum atomic E-state index is 0. The molecule has 4 aromatic rings. The second-order valence-corrected chi connectivity index (χ2v) is 13.3. The average molecular weight is 628 g/mol. The summed E-state index contributed by atoms with van der Waals surface area (Å²) in [6, 6.07) is 19.8. The number of hydrogen-bond acceptors (Lipinski definition) is 8. The number of nitrogens with zero attached hydrogens (tertiary/aromatic N) is 6. The van der Waals surface area contributed by atoms with Crippen LogP contribution < -0.4 is 20.9 Å². The van der Waals surface area contributed by atoms with Gasteiger partial charge in [0.2, 0.25) is 5.91 Å². The second-order valence-electron chi connectivity index (χ2n) is 13.3. The molecule has 10 nitrogen and oxygen atoms in total. The molecule has 3 N–H and O–H groups in total. The van der Waals surface area contributed by atoms with E-state index in [1.54, 1.807) is 6.33 Å². The largest absolute Gasteiger partial charge is 0.369 e. The van der Waals surface area contributed by atoms with Crippen LogP contribution in [0, 0.1) is 5.41 Å². The molecule has 1 amide bonds. The van der Waals surface area contributed by atoms with Gasteiger partial charge in [-0.25, -0.2) is 15.0 Å². The minimum Gasteiger partial charge on any atom is -0.369 e. The fourth-order valence-electron chi connectivity index (χ4n) is 7.78. The first kappa shape index (κ1) is 30.0. The predicted octanol–water partition coefficient (Wildman–Crippen LogP) is 4.32. The van der Waals surface area contributed by atoms with Gasteiger partial charge in [0, 0.05) is 62.2 Å². The third-order valence-electron chi connectivity index (χ3n) is 10.4. The molecule has 0 atom stereocenters. The topological polar surface area (TPSA) is 103 Å². The third kappa shape index (κ3) is 6.11. The van der Waals surface area contributed by atoms with Gasteiger partial charge in [-0.05, 0) is 73.9 Å². The number of imidazole rings is 1. The zero-order valence-corrected chi connectivity index (χ0v) is 26.4. The summed E-state index contributed by atoms with van der Waals surface area (Å²) in [7, 11) is 0. The highest BCUT2D eigenvalue weighted by atomic mass is 35.5. The van der Waals surface area contributed by atoms with Crippen molar-refractivity contribution in [3.8, 4) is 0 Å². The molecule has 8 rings (SSSR count). The van der Waals surface area contributed by atoms with Gasteiger partial charge in [-0.1, -0.05) is 30.3 Å². The molecular formula is C34H42ClN9O. The highest BCUT2D eigenvalue weighted by Gasteiger charge is 2.48. The second kappa shape index (κ2) is 12.6. The molecule has 4 fully saturated rings. The Balaban J connectivity index is 0.00000325. The van der Waals surface area contributed by atoms with Crippen LogP contribution in [0.15, 0.2) is 67.3 Å². The molecule has 2 aromatic heterocycles. The number of anilines is 3. The van der Waals surface area contributed by atoms with Crippen LogP contribution in [-0.2, 0) is 11.2 Å². The summed E-state index contributed by atoms with van der Waals surface area (Å²) in [6.45, 7) is 6.89. The maximum absolute atomic E-state index is 12.5. The maximum Gasteiger partial charge on any atom is 0.224 e. The number of carbonyl (C=O) groups is 1. The van der Waals surface area contributed by atoms with Crippen LogP contribution >= 0.6 is 12.4 Å². The Morgan fingerprint density at radius 1 is 0.933 bits per heavy atom. The van der Waals surface area contributed by atoms with Crippen molar-refractivity contribution in [3.05, 3.63) is 72.8 Å². The first-order valence-corrected chi connectivity index (χ1v) is 16.2. The van der Waals surface area contributed by atoms with Crippen molar-refractivity contribution in [1.82, 2.24) is 35.1 Å². The lowest BCUT2D eigenvalue weighted by Crippen LogP contribution is -2.57. The van der Waals surface area contributed by atoms with E-state index in [9.17, 15) is 4.79 Å². The molecule has 2 aromatic carbocycles. The van der Waals surface area contributed by atoms with Crippen molar-refractivity contribution in [3.63, 3.8) is 0 Å². The normalized spacial score (nSPS) is 26.2. The molecule has 2 saturated heterocycles. The Labute approximate surface area is 270 Å². The summed E-state index contributed by atoms with van der Waals surface area (Å²) < 4.78 is 2.12. The fraction of sp³-hybridized carbons (Fsp3) is 0.471. The van der Waals surface area contributed by atoms with E-state index in [0.717, 1.165) is 67.5 Å². The molecule has 11 heteroatoms. The standard InChI is InChI=1S/C34H41N9O.ClH/c44-30(16-24-4-2-1-3-5-24)39-26-17-28(18-26)43-23-38-31-32(36-22-37-33(31)43)40-25-6-8-27(9-7-25)41-12-14-42(15-13-41)29-19-34(20-29)10-11-35-21-34;/h1-9,22-23,26,28-29,35H,10-21H2,(H,39,44)(H,36,37,40);1H. The number of carbonyl (C=O) groups excluding carboxylic acids is 1. The monoisotopic (exact) mass is 627 g/mol. The number of benzene rings is 2. The third-order valence-corrected chi connectivity index (χ3v) is 10.4. The number of amides is 1. The molecule has 0 radical (unpaired) electrons. The molecule has 236 valence electrons. The first-order valence-electron chi connectivity index (χ1n) is 16.2. The number of fused-ring (bicyclic) bond motifs is 1. The van der Waals surface area contributed by atoms with Gasteiger partial charge in [0.15, 0.2) is 17.0 Å². The predicted molar refractivity (Wildman–Crippen MR) is 179 cm³/mol. The molecule has 4 aliphatic rings. The molecule has 2 saturated carbocycles. The Bertz CT molecular complexity index is 1600. The lowest BCUT2D eigenvalue weighted by molar-refractivity contribution is -0.121. The Morgan fingerprint density at radius 2 is 1.71 bits per heavy atom. The Hall–Kier alpha value is -3.73. The molecule has 0 bridgehead atoms. The van der Waals surface area contributed by atoms with Gasteiger partial charge in [0.1, 0.15) is 6.33 Å². The van der Waals surface area contributed by atoms with E-state index in [1.807, 2.05) is 36.7 Å². The zero-order chi connectivity index (χ0) is 29.5. The van der Waals surface area contributed by atoms with Crippen LogP contribution in [0.5, 0.6) is 0 Å². The minimum absolute atomic E-state index is 0. The van der Waals surface area contributed by atoms with Crippen LogP contribution in [0.25, 0.3) is 11.2 Å². The van der Waals surface area contributed by atoms with E-state index >= 15 is 0 Å². The molecule has 2 aliphatic heterocycles. The Morgan fingerprint density at radius 3 is 2.44 bits per heavy atom. The highest BCUT2D eigenvalue weighted by molar-refractivity contribution is 5.86. The lowest BCUT2D eigenvalue weighted by Gasteiger charge is -2.52. The quantitative estimate of drug-likeness (QED) is 0.266. The van der Waals surface area contributed by atoms with Crippen molar-refractivity contribution >= 4 is 46.7 Å². The van der Waals surface area contributed by atoms with Crippen LogP contribution in [0.3, 0.4) is 0 Å². The number of hydrogen-bond donors (Lipinski definition) is 3. The van der Waals surface area contributed by atoms with Crippen LogP contribution in [0.2, 0.25) is 0 Å². The van der Waals surface area contributed by atoms with Crippen molar-refractivity contribution in [2.45, 2.75) is 56.7 Å². The van der Waals surface area contributed by atoms with E-state index in [2.05, 4.69) is 69.5 Å². The number of piperazine rings is 1. The van der Waals surface area contributed by atoms with Gasteiger partial charge in [0.05, 0.1) is 12.7 Å². The van der Waals surface area contributed by atoms with Gasteiger partial charge >= 0.3 is 0 Å². The lowest BCUT2D eigenvalue weighted by atomic mass is 9.64. The van der Waals surface area contributed by atoms with E-state index in [0.29, 0.717) is 17.7 Å². The summed E-state index contributed by atoms with van der Waals surface area (Å²) in [6.07, 6.45) is 9.72. The van der Waals surface area contributed by atoms with Gasteiger partial charge in [-0.2, -0.15) is 0 Å². The molecule has 2 aliphatic carbocycles. The number of rotatable bonds is 8. The number of nitrogens with one attached hydrogen (secondary N) is 3. The van der Waals surface area contributed by atoms with Gasteiger partial charge < -0.3 is 25.4 Å². The van der Waals surface area contributed by atoms with Crippen LogP contribution in [0.1, 0.15) is 43.7 Å². The summed E-state index contributed by atoms with van der Waals surface area (Å²) in [5.74, 6) is 0.777. The van der Waals surface area contributed by atoms with E-state index in [4.69, 9.17) is 0 Å². The van der Waals surface area contributed by atoms with E-state index < -0.39 is 0 Å². The molecule has 1 spiro atoms. The summed E-state index contributed by atoms with van der Waals surface area (Å²) >= 11 is 0. The van der Waals surface area contributed by atoms with E-state index in [-0.39, 0.29) is 30.4 Å². The fourth-order valence-corrected chi connectivity index (χ4v) is 7.78. The first-order chi connectivity index (χ1) is 21.6. The van der Waals surface area contributed by atoms with Gasteiger partial charge in [-0.15, -0.1) is 12.4 Å². The summed E-state index contributed by atoms with van der Waals surface area (Å²) in [5, 5.41) is 10.2. The van der Waals surface area contributed by atoms with Gasteiger partial charge in [-0.3, -0.25) is 9.69 Å². The van der Waals surface area contributed by atoms with Crippen molar-refractivity contribution in [2.75, 3.05) is 49.5 Å². The number of halogens is 1. The zero-order valence-electron chi connectivity index (χ0n) is 25.6. The summed E-state index contributed by atoms with van der Waals surface area (Å²) in [5.41, 5.74) is 5.47. The number of aromatic nitrogens is 4. The molecule has 45 heavy (non-hydrogen) atoms. The highest BCUT2D eigenvalue weighted by Crippen LogP contribution is 2.48. The average Bonchev–Trinajstić information content (AvgIpc) is 3.68. The maximum atomic E-state index is 12.5. The van der Waals surface area contributed by atoms with Crippen molar-refractivity contribution < 1.29 is 4.79 Å². The van der Waals surface area contributed by atoms with Gasteiger partial charge in [0.25, 0.3) is 0 Å². The van der Waals surface area contributed by atoms with Crippen LogP contribution in [-0.4, -0.2) is 81.7 Å². The molecule has 0 unspecified atom stereocenters. The summed E-state index contributed by atoms with van der Waals surface area (Å²) in [4.78, 5) is 31.5. The van der Waals surface area contributed by atoms with E-state index in [1.165, 1.54) is 38.0 Å². The van der Waals surface area contributed by atoms with Crippen molar-refractivity contribution in [1.29, 1.82) is 0 Å². The Kier molecular flexibility index (Phi) is 8.37. The van der Waals surface area contributed by atoms with Crippen molar-refractivity contribution in [2.24, 2.45) is 5.41 Å². The SMILES string of the molecule is Cl.O=C(Cc1ccccc1)NC1CC(n2cnc3c(Nc4ccc(N5CCN(C6CC7(CCNC7)C6)CC5)cc4)ncnc32)C1. The molecular weight excluding hydrogens is 586 g/mol. The van der Waals surface area contributed by atoms with Crippen LogP contribution in [0.4, 0.5) is 17.2 Å². The smallest absolute Gasteiger partial charge is 0.224 e.